The smallest absolute Gasteiger partial charge is 0.269 e. The van der Waals surface area contributed by atoms with Crippen molar-refractivity contribution in [3.05, 3.63) is 64.2 Å². The molecule has 0 heterocycles. The summed E-state index contributed by atoms with van der Waals surface area (Å²) in [5.74, 6) is 0.789. The fourth-order valence-corrected chi connectivity index (χ4v) is 1.69. The van der Waals surface area contributed by atoms with Crippen molar-refractivity contribution in [1.82, 2.24) is 0 Å². The number of anilines is 1. The van der Waals surface area contributed by atoms with Crippen LogP contribution in [-0.2, 0) is 0 Å². The van der Waals surface area contributed by atoms with E-state index in [1.807, 2.05) is 31.2 Å². The summed E-state index contributed by atoms with van der Waals surface area (Å²) in [7, 11) is 0. The molecule has 0 fully saturated rings. The van der Waals surface area contributed by atoms with E-state index in [4.69, 9.17) is 4.74 Å². The van der Waals surface area contributed by atoms with Gasteiger partial charge < -0.3 is 4.74 Å². The highest BCUT2D eigenvalue weighted by Gasteiger charge is 2.02. The van der Waals surface area contributed by atoms with Crippen LogP contribution in [0.4, 0.5) is 11.4 Å². The van der Waals surface area contributed by atoms with Crippen molar-refractivity contribution in [2.24, 2.45) is 5.10 Å². The van der Waals surface area contributed by atoms with E-state index in [1.165, 1.54) is 12.1 Å². The van der Waals surface area contributed by atoms with Crippen LogP contribution in [-0.4, -0.2) is 17.7 Å². The minimum absolute atomic E-state index is 0.0499. The number of nitro groups is 1. The van der Waals surface area contributed by atoms with Gasteiger partial charge in [0.25, 0.3) is 5.69 Å². The Morgan fingerprint density at radius 3 is 2.71 bits per heavy atom. The van der Waals surface area contributed by atoms with Gasteiger partial charge in [-0.2, -0.15) is 5.10 Å². The fourth-order valence-electron chi connectivity index (χ4n) is 1.69. The number of nitro benzene ring substituents is 1. The number of nitrogens with zero attached hydrogens (tertiary/aromatic N) is 2. The van der Waals surface area contributed by atoms with Gasteiger partial charge in [0.2, 0.25) is 0 Å². The van der Waals surface area contributed by atoms with Gasteiger partial charge in [-0.25, -0.2) is 0 Å². The first-order valence-corrected chi connectivity index (χ1v) is 6.45. The number of benzene rings is 2. The molecule has 0 saturated carbocycles. The highest BCUT2D eigenvalue weighted by molar-refractivity contribution is 5.80. The number of nitrogens with one attached hydrogen (secondary N) is 1. The monoisotopic (exact) mass is 285 g/mol. The van der Waals surface area contributed by atoms with E-state index in [1.54, 1.807) is 18.3 Å². The van der Waals surface area contributed by atoms with E-state index < -0.39 is 4.92 Å². The van der Waals surface area contributed by atoms with Gasteiger partial charge in [0.15, 0.2) is 0 Å². The summed E-state index contributed by atoms with van der Waals surface area (Å²) in [6.45, 7) is 2.54. The quantitative estimate of drug-likeness (QED) is 0.501. The van der Waals surface area contributed by atoms with E-state index in [2.05, 4.69) is 10.5 Å². The SMILES string of the molecule is CCOc1cccc(/C=N/Nc2ccc([N+](=O)[O-])cc2)c1. The summed E-state index contributed by atoms with van der Waals surface area (Å²) in [4.78, 5) is 10.1. The normalized spacial score (nSPS) is 10.5. The minimum atomic E-state index is -0.438. The molecule has 108 valence electrons. The second-order valence-corrected chi connectivity index (χ2v) is 4.18. The van der Waals surface area contributed by atoms with Crippen LogP contribution in [0, 0.1) is 10.1 Å². The number of hydrazone groups is 1. The van der Waals surface area contributed by atoms with Gasteiger partial charge in [-0.3, -0.25) is 15.5 Å². The Kier molecular flexibility index (Phi) is 4.87. The van der Waals surface area contributed by atoms with Crippen LogP contribution in [0.1, 0.15) is 12.5 Å². The molecule has 6 nitrogen and oxygen atoms in total. The largest absolute Gasteiger partial charge is 0.494 e. The third-order valence-corrected chi connectivity index (χ3v) is 2.65. The summed E-state index contributed by atoms with van der Waals surface area (Å²) in [5.41, 5.74) is 4.44. The molecular formula is C15H15N3O3. The first kappa shape index (κ1) is 14.5. The average Bonchev–Trinajstić information content (AvgIpc) is 2.48. The molecule has 0 spiro atoms. The van der Waals surface area contributed by atoms with Crippen LogP contribution in [0.5, 0.6) is 5.75 Å². The van der Waals surface area contributed by atoms with Crippen LogP contribution in [0.2, 0.25) is 0 Å². The van der Waals surface area contributed by atoms with Gasteiger partial charge in [0.05, 0.1) is 23.4 Å². The van der Waals surface area contributed by atoms with Crippen LogP contribution in [0.3, 0.4) is 0 Å². The average molecular weight is 285 g/mol. The van der Waals surface area contributed by atoms with Crippen LogP contribution in [0.15, 0.2) is 53.6 Å². The Balaban J connectivity index is 1.98. The highest BCUT2D eigenvalue weighted by atomic mass is 16.6. The number of ether oxygens (including phenoxy) is 1. The van der Waals surface area contributed by atoms with E-state index in [0.29, 0.717) is 12.3 Å². The first-order chi connectivity index (χ1) is 10.2. The molecule has 0 aliphatic rings. The Bertz CT molecular complexity index is 639. The zero-order valence-corrected chi connectivity index (χ0v) is 11.5. The van der Waals surface area contributed by atoms with Crippen molar-refractivity contribution in [2.75, 3.05) is 12.0 Å². The number of hydrogen-bond donors (Lipinski definition) is 1. The lowest BCUT2D eigenvalue weighted by Crippen LogP contribution is -1.94. The van der Waals surface area contributed by atoms with Gasteiger partial charge in [0.1, 0.15) is 5.75 Å². The summed E-state index contributed by atoms with van der Waals surface area (Å²) in [6, 6.07) is 13.6. The predicted molar refractivity (Wildman–Crippen MR) is 81.9 cm³/mol. The second kappa shape index (κ2) is 7.04. The van der Waals surface area contributed by atoms with Crippen LogP contribution >= 0.6 is 0 Å². The van der Waals surface area contributed by atoms with Crippen molar-refractivity contribution in [2.45, 2.75) is 6.92 Å². The highest BCUT2D eigenvalue weighted by Crippen LogP contribution is 2.15. The predicted octanol–water partition coefficient (Wildman–Crippen LogP) is 3.44. The van der Waals surface area contributed by atoms with E-state index in [0.717, 1.165) is 11.3 Å². The van der Waals surface area contributed by atoms with Gasteiger partial charge in [-0.15, -0.1) is 0 Å². The van der Waals surface area contributed by atoms with Crippen molar-refractivity contribution < 1.29 is 9.66 Å². The van der Waals surface area contributed by atoms with E-state index in [-0.39, 0.29) is 5.69 Å². The molecule has 0 aromatic heterocycles. The maximum absolute atomic E-state index is 10.5. The summed E-state index contributed by atoms with van der Waals surface area (Å²) < 4.78 is 5.40. The van der Waals surface area contributed by atoms with Crippen molar-refractivity contribution in [1.29, 1.82) is 0 Å². The second-order valence-electron chi connectivity index (χ2n) is 4.18. The molecule has 0 amide bonds. The molecular weight excluding hydrogens is 270 g/mol. The zero-order chi connectivity index (χ0) is 15.1. The van der Waals surface area contributed by atoms with E-state index in [9.17, 15) is 10.1 Å². The Labute approximate surface area is 122 Å². The first-order valence-electron chi connectivity index (χ1n) is 6.45. The zero-order valence-electron chi connectivity index (χ0n) is 11.5. The lowest BCUT2D eigenvalue weighted by molar-refractivity contribution is -0.384. The fraction of sp³-hybridized carbons (Fsp3) is 0.133. The number of hydrogen-bond acceptors (Lipinski definition) is 5. The van der Waals surface area contributed by atoms with Crippen molar-refractivity contribution in [3.63, 3.8) is 0 Å². The summed E-state index contributed by atoms with van der Waals surface area (Å²) in [5, 5.41) is 14.6. The number of non-ortho nitro benzene ring substituents is 1. The third kappa shape index (κ3) is 4.31. The lowest BCUT2D eigenvalue weighted by atomic mass is 10.2. The topological polar surface area (TPSA) is 76.8 Å². The Morgan fingerprint density at radius 2 is 2.05 bits per heavy atom. The molecule has 2 rings (SSSR count). The molecule has 6 heteroatoms. The summed E-state index contributed by atoms with van der Waals surface area (Å²) in [6.07, 6.45) is 1.66. The van der Waals surface area contributed by atoms with E-state index >= 15 is 0 Å². The molecule has 0 aliphatic heterocycles. The molecule has 0 unspecified atom stereocenters. The van der Waals surface area contributed by atoms with Crippen molar-refractivity contribution >= 4 is 17.6 Å². The van der Waals surface area contributed by atoms with Gasteiger partial charge in [-0.05, 0) is 36.8 Å². The van der Waals surface area contributed by atoms with Crippen LogP contribution < -0.4 is 10.2 Å². The molecule has 21 heavy (non-hydrogen) atoms. The summed E-state index contributed by atoms with van der Waals surface area (Å²) >= 11 is 0. The Hall–Kier alpha value is -2.89. The molecule has 0 aliphatic carbocycles. The van der Waals surface area contributed by atoms with Crippen LogP contribution in [0.25, 0.3) is 0 Å². The molecule has 2 aromatic rings. The molecule has 0 saturated heterocycles. The molecule has 0 bridgehead atoms. The van der Waals surface area contributed by atoms with Gasteiger partial charge >= 0.3 is 0 Å². The number of rotatable bonds is 6. The van der Waals surface area contributed by atoms with Gasteiger partial charge in [-0.1, -0.05) is 12.1 Å². The van der Waals surface area contributed by atoms with Crippen molar-refractivity contribution in [3.8, 4) is 5.75 Å². The maximum atomic E-state index is 10.5. The minimum Gasteiger partial charge on any atom is -0.494 e. The molecule has 0 atom stereocenters. The Morgan fingerprint density at radius 1 is 1.29 bits per heavy atom. The van der Waals surface area contributed by atoms with Gasteiger partial charge in [0, 0.05) is 12.1 Å². The molecule has 1 N–H and O–H groups in total. The molecule has 2 aromatic carbocycles. The third-order valence-electron chi connectivity index (χ3n) is 2.65. The molecule has 0 radical (unpaired) electrons. The maximum Gasteiger partial charge on any atom is 0.269 e. The lowest BCUT2D eigenvalue weighted by Gasteiger charge is -2.03. The standard InChI is InChI=1S/C15H15N3O3/c1-2-21-15-5-3-4-12(10-15)11-16-17-13-6-8-14(9-7-13)18(19)20/h3-11,17H,2H2,1H3/b16-11+.